The molecule has 0 aliphatic rings. The first-order chi connectivity index (χ1) is 13.9. The van der Waals surface area contributed by atoms with Crippen molar-refractivity contribution in [2.75, 3.05) is 5.32 Å². The maximum absolute atomic E-state index is 12.9. The number of carbonyl (C=O) groups is 2. The summed E-state index contributed by atoms with van der Waals surface area (Å²) in [6, 6.07) is 10.2. The van der Waals surface area contributed by atoms with Crippen molar-refractivity contribution in [3.63, 3.8) is 0 Å². The number of nitrogens with zero attached hydrogens (tertiary/aromatic N) is 2. The van der Waals surface area contributed by atoms with E-state index >= 15 is 0 Å². The van der Waals surface area contributed by atoms with Crippen LogP contribution in [0.5, 0.6) is 11.6 Å². The lowest BCUT2D eigenvalue weighted by atomic mass is 10.2. The fourth-order valence-corrected chi connectivity index (χ4v) is 2.56. The van der Waals surface area contributed by atoms with E-state index in [1.807, 2.05) is 13.0 Å². The van der Waals surface area contributed by atoms with E-state index in [0.29, 0.717) is 17.9 Å². The fourth-order valence-electron chi connectivity index (χ4n) is 2.56. The lowest BCUT2D eigenvalue weighted by Gasteiger charge is -2.12. The molecule has 3 N–H and O–H groups in total. The van der Waals surface area contributed by atoms with Crippen LogP contribution in [0.3, 0.4) is 0 Å². The second-order valence-electron chi connectivity index (χ2n) is 6.52. The summed E-state index contributed by atoms with van der Waals surface area (Å²) < 4.78 is 18.4. The Hall–Kier alpha value is -3.75. The highest BCUT2D eigenvalue weighted by Gasteiger charge is 2.17. The maximum Gasteiger partial charge on any atom is 0.313 e. The monoisotopic (exact) mass is 397 g/mol. The van der Waals surface area contributed by atoms with E-state index in [4.69, 9.17) is 4.74 Å². The van der Waals surface area contributed by atoms with Gasteiger partial charge in [0.15, 0.2) is 0 Å². The van der Waals surface area contributed by atoms with Crippen LogP contribution >= 0.6 is 0 Å². The minimum atomic E-state index is -0.802. The first-order valence-electron chi connectivity index (χ1n) is 8.91. The van der Waals surface area contributed by atoms with Crippen LogP contribution in [0.4, 0.5) is 10.1 Å². The number of aryl methyl sites for hydroxylation is 1. The van der Waals surface area contributed by atoms with E-state index in [9.17, 15) is 14.0 Å². The molecule has 2 heterocycles. The summed E-state index contributed by atoms with van der Waals surface area (Å²) in [7, 11) is 0. The van der Waals surface area contributed by atoms with Crippen LogP contribution in [0.2, 0.25) is 0 Å². The number of anilines is 1. The lowest BCUT2D eigenvalue weighted by Crippen LogP contribution is -2.41. The SMILES string of the molecule is Cc1cc(C[C@H](C)NC(=O)C(=O)Nc2ccc(Oc3ccc(F)cc3)nc2)n[nH]1. The molecular formula is C20H20FN5O3. The van der Waals surface area contributed by atoms with E-state index in [2.05, 4.69) is 25.8 Å². The minimum absolute atomic E-state index is 0.263. The quantitative estimate of drug-likeness (QED) is 0.554. The Labute approximate surface area is 166 Å². The topological polar surface area (TPSA) is 109 Å². The number of hydrogen-bond acceptors (Lipinski definition) is 5. The number of hydrogen-bond donors (Lipinski definition) is 3. The first kappa shape index (κ1) is 20.0. The molecule has 0 unspecified atom stereocenters. The van der Waals surface area contributed by atoms with Crippen LogP contribution < -0.4 is 15.4 Å². The normalized spacial score (nSPS) is 11.6. The number of amides is 2. The Bertz CT molecular complexity index is 986. The van der Waals surface area contributed by atoms with Gasteiger partial charge in [0.05, 0.1) is 17.6 Å². The van der Waals surface area contributed by atoms with E-state index < -0.39 is 11.8 Å². The zero-order valence-electron chi connectivity index (χ0n) is 15.9. The minimum Gasteiger partial charge on any atom is -0.439 e. The van der Waals surface area contributed by atoms with Crippen molar-refractivity contribution in [1.82, 2.24) is 20.5 Å². The third kappa shape index (κ3) is 5.86. The molecule has 3 aromatic rings. The van der Waals surface area contributed by atoms with Gasteiger partial charge in [-0.15, -0.1) is 0 Å². The fraction of sp³-hybridized carbons (Fsp3) is 0.200. The molecule has 29 heavy (non-hydrogen) atoms. The zero-order chi connectivity index (χ0) is 20.8. The van der Waals surface area contributed by atoms with Gasteiger partial charge in [-0.1, -0.05) is 0 Å². The molecule has 0 aliphatic carbocycles. The number of halogens is 1. The van der Waals surface area contributed by atoms with Crippen LogP contribution in [0.1, 0.15) is 18.3 Å². The van der Waals surface area contributed by atoms with Gasteiger partial charge in [-0.3, -0.25) is 14.7 Å². The van der Waals surface area contributed by atoms with Gasteiger partial charge in [0.1, 0.15) is 11.6 Å². The van der Waals surface area contributed by atoms with Crippen molar-refractivity contribution < 1.29 is 18.7 Å². The molecule has 150 valence electrons. The third-order valence-electron chi connectivity index (χ3n) is 3.89. The Morgan fingerprint density at radius 1 is 1.17 bits per heavy atom. The Kier molecular flexibility index (Phi) is 6.18. The van der Waals surface area contributed by atoms with Crippen LogP contribution in [0.25, 0.3) is 0 Å². The van der Waals surface area contributed by atoms with Gasteiger partial charge >= 0.3 is 11.8 Å². The van der Waals surface area contributed by atoms with Gasteiger partial charge in [-0.2, -0.15) is 5.10 Å². The van der Waals surface area contributed by atoms with Crippen LogP contribution in [0, 0.1) is 12.7 Å². The highest BCUT2D eigenvalue weighted by Crippen LogP contribution is 2.20. The van der Waals surface area contributed by atoms with Gasteiger partial charge in [0, 0.05) is 24.2 Å². The average Bonchev–Trinajstić information content (AvgIpc) is 3.09. The van der Waals surface area contributed by atoms with E-state index in [0.717, 1.165) is 11.4 Å². The average molecular weight is 397 g/mol. The van der Waals surface area contributed by atoms with Gasteiger partial charge in [-0.05, 0) is 50.2 Å². The number of aromatic nitrogens is 3. The number of carbonyl (C=O) groups excluding carboxylic acids is 2. The maximum atomic E-state index is 12.9. The number of H-pyrrole nitrogens is 1. The molecular weight excluding hydrogens is 377 g/mol. The summed E-state index contributed by atoms with van der Waals surface area (Å²) in [4.78, 5) is 28.2. The van der Waals surface area contributed by atoms with Crippen molar-refractivity contribution in [3.05, 3.63) is 65.9 Å². The molecule has 1 aromatic carbocycles. The number of nitrogens with one attached hydrogen (secondary N) is 3. The lowest BCUT2D eigenvalue weighted by molar-refractivity contribution is -0.136. The van der Waals surface area contributed by atoms with Crippen molar-refractivity contribution >= 4 is 17.5 Å². The number of rotatable bonds is 6. The van der Waals surface area contributed by atoms with Crippen molar-refractivity contribution in [2.45, 2.75) is 26.3 Å². The zero-order valence-corrected chi connectivity index (χ0v) is 15.9. The van der Waals surface area contributed by atoms with Crippen LogP contribution in [-0.2, 0) is 16.0 Å². The number of benzene rings is 1. The van der Waals surface area contributed by atoms with Gasteiger partial charge in [0.2, 0.25) is 5.88 Å². The standard InChI is InChI=1S/C20H20FN5O3/c1-12(9-16-10-13(2)25-26-16)23-19(27)20(28)24-15-5-8-18(22-11-15)29-17-6-3-14(21)4-7-17/h3-8,10-12H,9H2,1-2H3,(H,23,27)(H,24,28)(H,25,26)/t12-/m0/s1. The molecule has 3 rings (SSSR count). The molecule has 0 aliphatic heterocycles. The summed E-state index contributed by atoms with van der Waals surface area (Å²) in [5, 5.41) is 12.0. The second-order valence-corrected chi connectivity index (χ2v) is 6.52. The molecule has 8 nitrogen and oxygen atoms in total. The predicted molar refractivity (Wildman–Crippen MR) is 104 cm³/mol. The second kappa shape index (κ2) is 8.96. The number of pyridine rings is 1. The van der Waals surface area contributed by atoms with E-state index in [-0.39, 0.29) is 17.7 Å². The summed E-state index contributed by atoms with van der Waals surface area (Å²) in [5.74, 6) is -1.23. The Morgan fingerprint density at radius 2 is 1.93 bits per heavy atom. The molecule has 0 saturated carbocycles. The molecule has 0 saturated heterocycles. The summed E-state index contributed by atoms with van der Waals surface area (Å²) in [6.07, 6.45) is 1.86. The number of aromatic amines is 1. The summed E-state index contributed by atoms with van der Waals surface area (Å²) in [6.45, 7) is 3.68. The van der Waals surface area contributed by atoms with Crippen molar-refractivity contribution in [1.29, 1.82) is 0 Å². The molecule has 0 spiro atoms. The molecule has 2 aromatic heterocycles. The predicted octanol–water partition coefficient (Wildman–Crippen LogP) is 2.73. The smallest absolute Gasteiger partial charge is 0.313 e. The number of ether oxygens (including phenoxy) is 1. The molecule has 0 fully saturated rings. The molecule has 1 atom stereocenters. The Morgan fingerprint density at radius 3 is 2.55 bits per heavy atom. The van der Waals surface area contributed by atoms with Gasteiger partial charge in [-0.25, -0.2) is 9.37 Å². The first-order valence-corrected chi connectivity index (χ1v) is 8.91. The summed E-state index contributed by atoms with van der Waals surface area (Å²) in [5.41, 5.74) is 2.07. The van der Waals surface area contributed by atoms with Gasteiger partial charge in [0.25, 0.3) is 0 Å². The largest absolute Gasteiger partial charge is 0.439 e. The molecule has 0 radical (unpaired) electrons. The van der Waals surface area contributed by atoms with Crippen molar-refractivity contribution in [3.8, 4) is 11.6 Å². The van der Waals surface area contributed by atoms with Crippen molar-refractivity contribution in [2.24, 2.45) is 0 Å². The summed E-state index contributed by atoms with van der Waals surface area (Å²) >= 11 is 0. The van der Waals surface area contributed by atoms with E-state index in [1.54, 1.807) is 13.0 Å². The van der Waals surface area contributed by atoms with Gasteiger partial charge < -0.3 is 15.4 Å². The molecule has 9 heteroatoms. The third-order valence-corrected chi connectivity index (χ3v) is 3.89. The van der Waals surface area contributed by atoms with Crippen LogP contribution in [-0.4, -0.2) is 33.0 Å². The molecule has 2 amide bonds. The van der Waals surface area contributed by atoms with Crippen LogP contribution in [0.15, 0.2) is 48.7 Å². The highest BCUT2D eigenvalue weighted by atomic mass is 19.1. The molecule has 0 bridgehead atoms. The Balaban J connectivity index is 1.50. The highest BCUT2D eigenvalue weighted by molar-refractivity contribution is 6.39. The van der Waals surface area contributed by atoms with E-state index in [1.165, 1.54) is 36.5 Å².